The Balaban J connectivity index is 2.85. The van der Waals surface area contributed by atoms with Gasteiger partial charge in [0, 0.05) is 5.38 Å². The largest absolute Gasteiger partial charge is 0.395 e. The fraction of sp³-hybridized carbons (Fsp3) is 0.333. The van der Waals surface area contributed by atoms with Crippen molar-refractivity contribution >= 4 is 34.5 Å². The van der Waals surface area contributed by atoms with Gasteiger partial charge in [0.2, 0.25) is 6.41 Å². The highest BCUT2D eigenvalue weighted by molar-refractivity contribution is 7.14. The molecule has 0 saturated carbocycles. The van der Waals surface area contributed by atoms with Crippen LogP contribution in [0, 0.1) is 0 Å². The Morgan fingerprint density at radius 1 is 1.76 bits per heavy atom. The van der Waals surface area contributed by atoms with Gasteiger partial charge in [0.15, 0.2) is 10.8 Å². The second-order valence-electron chi connectivity index (χ2n) is 2.94. The van der Waals surface area contributed by atoms with Gasteiger partial charge in [-0.1, -0.05) is 12.1 Å². The molecule has 1 rings (SSSR count). The summed E-state index contributed by atoms with van der Waals surface area (Å²) in [5, 5.41) is 7.92. The van der Waals surface area contributed by atoms with Gasteiger partial charge in [0.05, 0.1) is 0 Å². The number of amides is 2. The van der Waals surface area contributed by atoms with E-state index in [1.165, 1.54) is 0 Å². The molecule has 1 aromatic rings. The highest BCUT2D eigenvalue weighted by atomic mass is 32.1. The number of nitrogens with one attached hydrogen (secondary N) is 1. The van der Waals surface area contributed by atoms with E-state index in [1.807, 2.05) is 6.92 Å². The van der Waals surface area contributed by atoms with Crippen molar-refractivity contribution in [3.63, 3.8) is 0 Å². The second kappa shape index (κ2) is 6.59. The van der Waals surface area contributed by atoms with E-state index in [0.717, 1.165) is 17.8 Å². The highest BCUT2D eigenvalue weighted by Crippen LogP contribution is 2.15. The van der Waals surface area contributed by atoms with Gasteiger partial charge in [-0.25, -0.2) is 4.98 Å². The molecule has 0 aliphatic heterocycles. The molecule has 0 unspecified atom stereocenters. The van der Waals surface area contributed by atoms with Crippen molar-refractivity contribution in [1.29, 1.82) is 0 Å². The van der Waals surface area contributed by atoms with E-state index < -0.39 is 5.91 Å². The summed E-state index contributed by atoms with van der Waals surface area (Å²) >= 11 is 1.16. The third kappa shape index (κ3) is 3.83. The van der Waals surface area contributed by atoms with Crippen molar-refractivity contribution in [2.45, 2.75) is 13.3 Å². The summed E-state index contributed by atoms with van der Waals surface area (Å²) in [7, 11) is 0. The molecule has 0 fully saturated rings. The smallest absolute Gasteiger partial charge is 0.273 e. The zero-order valence-corrected chi connectivity index (χ0v) is 9.99. The van der Waals surface area contributed by atoms with Crippen molar-refractivity contribution in [2.75, 3.05) is 11.9 Å². The molecule has 0 aromatic carbocycles. The number of aromatic nitrogens is 1. The van der Waals surface area contributed by atoms with E-state index in [0.29, 0.717) is 18.1 Å². The summed E-state index contributed by atoms with van der Waals surface area (Å²) in [6, 6.07) is 0. The lowest BCUT2D eigenvalue weighted by Gasteiger charge is -1.99. The van der Waals surface area contributed by atoms with Crippen molar-refractivity contribution in [3.05, 3.63) is 11.1 Å². The number of rotatable bonds is 7. The molecule has 0 aliphatic carbocycles. The predicted octanol–water partition coefficient (Wildman–Crippen LogP) is 0.327. The van der Waals surface area contributed by atoms with Crippen LogP contribution in [0.3, 0.4) is 0 Å². The third-order valence-electron chi connectivity index (χ3n) is 1.61. The molecule has 0 aliphatic rings. The van der Waals surface area contributed by atoms with E-state index in [4.69, 9.17) is 10.6 Å². The minimum atomic E-state index is -0.732. The minimum absolute atomic E-state index is 0.0614. The van der Waals surface area contributed by atoms with Crippen LogP contribution in [0.15, 0.2) is 10.5 Å². The van der Waals surface area contributed by atoms with Crippen LogP contribution in [-0.2, 0) is 14.4 Å². The number of nitrogens with zero attached hydrogens (tertiary/aromatic N) is 2. The van der Waals surface area contributed by atoms with Crippen LogP contribution in [-0.4, -0.2) is 29.6 Å². The van der Waals surface area contributed by atoms with Crippen LogP contribution in [0.1, 0.15) is 19.0 Å². The molecule has 0 spiro atoms. The summed E-state index contributed by atoms with van der Waals surface area (Å²) in [6.07, 6.45) is 1.27. The number of oxime groups is 1. The zero-order valence-electron chi connectivity index (χ0n) is 9.17. The summed E-state index contributed by atoms with van der Waals surface area (Å²) in [6.45, 7) is 2.30. The van der Waals surface area contributed by atoms with Crippen LogP contribution in [0.25, 0.3) is 0 Å². The molecule has 1 aromatic heterocycles. The first-order valence-corrected chi connectivity index (χ1v) is 5.72. The van der Waals surface area contributed by atoms with E-state index in [2.05, 4.69) is 15.5 Å². The van der Waals surface area contributed by atoms with Crippen LogP contribution >= 0.6 is 11.3 Å². The maximum absolute atomic E-state index is 11.1. The van der Waals surface area contributed by atoms with Crippen molar-refractivity contribution in [1.82, 2.24) is 4.98 Å². The molecule has 92 valence electrons. The molecule has 8 heteroatoms. The standard InChI is InChI=1S/C9H12N4O3S/c1-2-3-16-13-7(8(10)15)6-4-17-9(12-6)11-5-14/h4-5H,2-3H2,1H3,(H2,10,15)(H,11,12,14)/b13-7+. The maximum Gasteiger partial charge on any atom is 0.273 e. The van der Waals surface area contributed by atoms with Gasteiger partial charge < -0.3 is 15.9 Å². The normalized spacial score (nSPS) is 11.0. The SMILES string of the molecule is CCCO/N=C(/C(N)=O)c1csc(NC=O)n1. The highest BCUT2D eigenvalue weighted by Gasteiger charge is 2.15. The Bertz CT molecular complexity index is 430. The number of hydrogen-bond donors (Lipinski definition) is 2. The first-order valence-electron chi connectivity index (χ1n) is 4.84. The molecule has 7 nitrogen and oxygen atoms in total. The molecule has 17 heavy (non-hydrogen) atoms. The number of anilines is 1. The molecule has 0 saturated heterocycles. The van der Waals surface area contributed by atoms with E-state index >= 15 is 0 Å². The molecule has 0 bridgehead atoms. The molecule has 3 N–H and O–H groups in total. The van der Waals surface area contributed by atoms with E-state index in [-0.39, 0.29) is 11.4 Å². The zero-order chi connectivity index (χ0) is 12.7. The predicted molar refractivity (Wildman–Crippen MR) is 63.8 cm³/mol. The van der Waals surface area contributed by atoms with Gasteiger partial charge in [0.25, 0.3) is 5.91 Å². The first kappa shape index (κ1) is 13.1. The van der Waals surface area contributed by atoms with Crippen molar-refractivity contribution in [2.24, 2.45) is 10.9 Å². The summed E-state index contributed by atoms with van der Waals surface area (Å²) in [5.74, 6) is -0.732. The fourth-order valence-electron chi connectivity index (χ4n) is 0.919. The van der Waals surface area contributed by atoms with Crippen LogP contribution < -0.4 is 11.1 Å². The Labute approximate surface area is 102 Å². The Hall–Kier alpha value is -1.96. The topological polar surface area (TPSA) is 107 Å². The Morgan fingerprint density at radius 3 is 3.12 bits per heavy atom. The second-order valence-corrected chi connectivity index (χ2v) is 3.80. The number of nitrogens with two attached hydrogens (primary N) is 1. The lowest BCUT2D eigenvalue weighted by atomic mass is 10.3. The average molecular weight is 256 g/mol. The average Bonchev–Trinajstić information content (AvgIpc) is 2.73. The minimum Gasteiger partial charge on any atom is -0.395 e. The first-order chi connectivity index (χ1) is 8.19. The number of carbonyl (C=O) groups is 2. The van der Waals surface area contributed by atoms with E-state index in [1.54, 1.807) is 5.38 Å². The van der Waals surface area contributed by atoms with Crippen LogP contribution in [0.5, 0.6) is 0 Å². The number of carbonyl (C=O) groups excluding carboxylic acids is 2. The Kier molecular flexibility index (Phi) is 5.08. The van der Waals surface area contributed by atoms with Crippen molar-refractivity contribution in [3.8, 4) is 0 Å². The Morgan fingerprint density at radius 2 is 2.53 bits per heavy atom. The lowest BCUT2D eigenvalue weighted by Crippen LogP contribution is -2.25. The molecule has 2 amide bonds. The number of thiazole rings is 1. The van der Waals surface area contributed by atoms with Gasteiger partial charge in [-0.05, 0) is 6.42 Å². The molecular weight excluding hydrogens is 244 g/mol. The monoisotopic (exact) mass is 256 g/mol. The molecule has 1 heterocycles. The number of hydrogen-bond acceptors (Lipinski definition) is 6. The summed E-state index contributed by atoms with van der Waals surface area (Å²) in [4.78, 5) is 30.2. The lowest BCUT2D eigenvalue weighted by molar-refractivity contribution is -0.112. The van der Waals surface area contributed by atoms with Crippen LogP contribution in [0.4, 0.5) is 5.13 Å². The number of primary amides is 1. The molecule has 0 atom stereocenters. The van der Waals surface area contributed by atoms with Gasteiger partial charge in [-0.2, -0.15) is 0 Å². The van der Waals surface area contributed by atoms with E-state index in [9.17, 15) is 9.59 Å². The van der Waals surface area contributed by atoms with Crippen molar-refractivity contribution < 1.29 is 14.4 Å². The maximum atomic E-state index is 11.1. The van der Waals surface area contributed by atoms with Gasteiger partial charge in [-0.3, -0.25) is 9.59 Å². The fourth-order valence-corrected chi connectivity index (χ4v) is 1.57. The molecular formula is C9H12N4O3S. The van der Waals surface area contributed by atoms with Gasteiger partial charge >= 0.3 is 0 Å². The third-order valence-corrected chi connectivity index (χ3v) is 2.39. The van der Waals surface area contributed by atoms with Gasteiger partial charge in [-0.15, -0.1) is 11.3 Å². The molecule has 0 radical (unpaired) electrons. The summed E-state index contributed by atoms with van der Waals surface area (Å²) in [5.41, 5.74) is 5.38. The summed E-state index contributed by atoms with van der Waals surface area (Å²) < 4.78 is 0. The van der Waals surface area contributed by atoms with Gasteiger partial charge in [0.1, 0.15) is 12.3 Å². The quantitative estimate of drug-likeness (QED) is 0.317. The van der Waals surface area contributed by atoms with Crippen LogP contribution in [0.2, 0.25) is 0 Å².